The maximum absolute atomic E-state index is 5.87. The molecule has 0 radical (unpaired) electrons. The van der Waals surface area contributed by atoms with E-state index in [0.717, 1.165) is 16.3 Å². The van der Waals surface area contributed by atoms with E-state index in [-0.39, 0.29) is 0 Å². The minimum absolute atomic E-state index is 0.739. The Balaban J connectivity index is 2.48. The lowest BCUT2D eigenvalue weighted by atomic mass is 10.1. The zero-order chi connectivity index (χ0) is 9.10. The Bertz CT molecular complexity index is 398. The quantitative estimate of drug-likeness (QED) is 0.670. The van der Waals surface area contributed by atoms with E-state index in [1.165, 1.54) is 0 Å². The maximum atomic E-state index is 5.87. The zero-order valence-corrected chi connectivity index (χ0v) is 7.70. The van der Waals surface area contributed by atoms with E-state index in [4.69, 9.17) is 11.6 Å². The summed E-state index contributed by atoms with van der Waals surface area (Å²) in [7, 11) is 0. The molecular formula is C11H8ClN. The van der Waals surface area contributed by atoms with Crippen LogP contribution in [0.5, 0.6) is 0 Å². The molecule has 13 heavy (non-hydrogen) atoms. The smallest absolute Gasteiger partial charge is 0.0702 e. The first-order valence-electron chi connectivity index (χ1n) is 4.03. The van der Waals surface area contributed by atoms with Crippen LogP contribution in [0.25, 0.3) is 11.3 Å². The van der Waals surface area contributed by atoms with Gasteiger partial charge in [-0.2, -0.15) is 0 Å². The number of pyridine rings is 1. The van der Waals surface area contributed by atoms with E-state index < -0.39 is 0 Å². The standard InChI is InChI=1S/C11H8ClN/c12-10-5-3-4-9(8-10)11-6-1-2-7-13-11/h1-8H. The summed E-state index contributed by atoms with van der Waals surface area (Å²) in [5, 5.41) is 0.739. The molecule has 1 aromatic heterocycles. The minimum atomic E-state index is 0.739. The van der Waals surface area contributed by atoms with Crippen molar-refractivity contribution in [2.24, 2.45) is 0 Å². The first-order chi connectivity index (χ1) is 6.36. The molecule has 0 aliphatic carbocycles. The average Bonchev–Trinajstić information content (AvgIpc) is 2.19. The molecule has 0 saturated carbocycles. The lowest BCUT2D eigenvalue weighted by Gasteiger charge is -1.99. The normalized spacial score (nSPS) is 9.92. The highest BCUT2D eigenvalue weighted by Crippen LogP contribution is 2.19. The molecule has 0 bridgehead atoms. The Morgan fingerprint density at radius 2 is 1.92 bits per heavy atom. The van der Waals surface area contributed by atoms with Crippen molar-refractivity contribution >= 4 is 11.6 Å². The van der Waals surface area contributed by atoms with Gasteiger partial charge in [0, 0.05) is 16.8 Å². The van der Waals surface area contributed by atoms with Gasteiger partial charge in [0.1, 0.15) is 0 Å². The van der Waals surface area contributed by atoms with E-state index in [1.54, 1.807) is 6.20 Å². The molecule has 0 aliphatic heterocycles. The summed E-state index contributed by atoms with van der Waals surface area (Å²) in [6.07, 6.45) is 1.77. The van der Waals surface area contributed by atoms with Gasteiger partial charge < -0.3 is 0 Å². The number of rotatable bonds is 1. The van der Waals surface area contributed by atoms with Crippen molar-refractivity contribution in [2.45, 2.75) is 0 Å². The number of halogens is 1. The molecule has 1 nitrogen and oxygen atoms in total. The van der Waals surface area contributed by atoms with E-state index in [0.29, 0.717) is 0 Å². The Hall–Kier alpha value is -1.34. The van der Waals surface area contributed by atoms with Gasteiger partial charge in [-0.05, 0) is 24.3 Å². The second-order valence-electron chi connectivity index (χ2n) is 2.73. The molecule has 0 atom stereocenters. The fourth-order valence-electron chi connectivity index (χ4n) is 1.18. The van der Waals surface area contributed by atoms with E-state index >= 15 is 0 Å². The van der Waals surface area contributed by atoms with Crippen molar-refractivity contribution in [1.29, 1.82) is 0 Å². The summed E-state index contributed by atoms with van der Waals surface area (Å²) in [5.41, 5.74) is 2.00. The molecule has 1 heterocycles. The maximum Gasteiger partial charge on any atom is 0.0702 e. The molecule has 0 spiro atoms. The first-order valence-corrected chi connectivity index (χ1v) is 4.41. The second kappa shape index (κ2) is 3.58. The number of hydrogen-bond donors (Lipinski definition) is 0. The summed E-state index contributed by atoms with van der Waals surface area (Å²) in [5.74, 6) is 0. The van der Waals surface area contributed by atoms with Crippen molar-refractivity contribution in [1.82, 2.24) is 4.98 Å². The van der Waals surface area contributed by atoms with Gasteiger partial charge >= 0.3 is 0 Å². The molecule has 64 valence electrons. The fraction of sp³-hybridized carbons (Fsp3) is 0. The van der Waals surface area contributed by atoms with E-state index in [2.05, 4.69) is 4.98 Å². The number of aromatic nitrogens is 1. The average molecular weight is 190 g/mol. The van der Waals surface area contributed by atoms with Crippen LogP contribution >= 0.6 is 11.6 Å². The van der Waals surface area contributed by atoms with Crippen LogP contribution in [0.4, 0.5) is 0 Å². The van der Waals surface area contributed by atoms with Crippen molar-refractivity contribution < 1.29 is 0 Å². The highest BCUT2D eigenvalue weighted by atomic mass is 35.5. The highest BCUT2D eigenvalue weighted by molar-refractivity contribution is 6.30. The summed E-state index contributed by atoms with van der Waals surface area (Å²) in [6.45, 7) is 0. The van der Waals surface area contributed by atoms with Crippen molar-refractivity contribution in [2.75, 3.05) is 0 Å². The van der Waals surface area contributed by atoms with Crippen molar-refractivity contribution in [3.8, 4) is 11.3 Å². The predicted octanol–water partition coefficient (Wildman–Crippen LogP) is 3.40. The van der Waals surface area contributed by atoms with Crippen LogP contribution in [0.15, 0.2) is 48.7 Å². The van der Waals surface area contributed by atoms with Crippen LogP contribution in [0.1, 0.15) is 0 Å². The largest absolute Gasteiger partial charge is 0.256 e. The predicted molar refractivity (Wildman–Crippen MR) is 54.7 cm³/mol. The number of benzene rings is 1. The minimum Gasteiger partial charge on any atom is -0.256 e. The van der Waals surface area contributed by atoms with E-state index in [9.17, 15) is 0 Å². The Kier molecular flexibility index (Phi) is 2.28. The summed E-state index contributed by atoms with van der Waals surface area (Å²) in [4.78, 5) is 4.23. The number of nitrogens with zero attached hydrogens (tertiary/aromatic N) is 1. The van der Waals surface area contributed by atoms with Crippen LogP contribution in [-0.4, -0.2) is 4.98 Å². The van der Waals surface area contributed by atoms with Gasteiger partial charge in [0.15, 0.2) is 0 Å². The molecule has 0 amide bonds. The van der Waals surface area contributed by atoms with Gasteiger partial charge in [-0.15, -0.1) is 0 Å². The molecule has 0 fully saturated rings. The zero-order valence-electron chi connectivity index (χ0n) is 6.94. The van der Waals surface area contributed by atoms with Gasteiger partial charge in [-0.25, -0.2) is 0 Å². The fourth-order valence-corrected chi connectivity index (χ4v) is 1.37. The third-order valence-corrected chi connectivity index (χ3v) is 2.02. The molecule has 2 rings (SSSR count). The highest BCUT2D eigenvalue weighted by Gasteiger charge is 1.97. The Labute approximate surface area is 82.0 Å². The van der Waals surface area contributed by atoms with Crippen LogP contribution in [0, 0.1) is 0 Å². The summed E-state index contributed by atoms with van der Waals surface area (Å²) in [6, 6.07) is 13.5. The molecule has 2 aromatic rings. The Morgan fingerprint density at radius 3 is 2.62 bits per heavy atom. The van der Waals surface area contributed by atoms with Gasteiger partial charge in [0.25, 0.3) is 0 Å². The van der Waals surface area contributed by atoms with Crippen LogP contribution in [-0.2, 0) is 0 Å². The molecule has 0 N–H and O–H groups in total. The number of hydrogen-bond acceptors (Lipinski definition) is 1. The van der Waals surface area contributed by atoms with Gasteiger partial charge in [-0.3, -0.25) is 4.98 Å². The topological polar surface area (TPSA) is 12.9 Å². The van der Waals surface area contributed by atoms with Gasteiger partial charge in [-0.1, -0.05) is 29.8 Å². The SMILES string of the molecule is Clc1cccc(-c2ccccn2)c1. The van der Waals surface area contributed by atoms with Crippen molar-refractivity contribution in [3.63, 3.8) is 0 Å². The third-order valence-electron chi connectivity index (χ3n) is 1.79. The molecule has 0 aliphatic rings. The Morgan fingerprint density at radius 1 is 1.00 bits per heavy atom. The lowest BCUT2D eigenvalue weighted by molar-refractivity contribution is 1.33. The molecule has 0 unspecified atom stereocenters. The third kappa shape index (κ3) is 1.87. The van der Waals surface area contributed by atoms with E-state index in [1.807, 2.05) is 42.5 Å². The molecule has 0 saturated heterocycles. The first kappa shape index (κ1) is 8.27. The second-order valence-corrected chi connectivity index (χ2v) is 3.16. The molecular weight excluding hydrogens is 182 g/mol. The van der Waals surface area contributed by atoms with Crippen LogP contribution < -0.4 is 0 Å². The summed E-state index contributed by atoms with van der Waals surface area (Å²) >= 11 is 5.87. The monoisotopic (exact) mass is 189 g/mol. The van der Waals surface area contributed by atoms with Crippen LogP contribution in [0.3, 0.4) is 0 Å². The van der Waals surface area contributed by atoms with Gasteiger partial charge in [0.05, 0.1) is 5.69 Å². The van der Waals surface area contributed by atoms with Crippen LogP contribution in [0.2, 0.25) is 5.02 Å². The summed E-state index contributed by atoms with van der Waals surface area (Å²) < 4.78 is 0. The lowest BCUT2D eigenvalue weighted by Crippen LogP contribution is -1.80. The molecule has 1 aromatic carbocycles. The van der Waals surface area contributed by atoms with Gasteiger partial charge in [0.2, 0.25) is 0 Å². The molecule has 2 heteroatoms. The van der Waals surface area contributed by atoms with Crippen molar-refractivity contribution in [3.05, 3.63) is 53.7 Å².